The number of pyridine rings is 1. The molecule has 2 heterocycles. The average molecular weight is 171 g/mol. The minimum absolute atomic E-state index is 0.604. The standard InChI is InChI=1S/C6H4N2.C4H5N/c7-4-6-2-1-3-8-5-6;1-2-4-5-3-1/h1-3,5H;1-5H. The first-order valence-corrected chi connectivity index (χ1v) is 3.81. The molecule has 0 amide bonds. The fourth-order valence-corrected chi connectivity index (χ4v) is 0.707. The lowest BCUT2D eigenvalue weighted by molar-refractivity contribution is 1.30. The van der Waals surface area contributed by atoms with Crippen molar-refractivity contribution in [3.63, 3.8) is 0 Å². The molecule has 1 N–H and O–H groups in total. The molecule has 64 valence electrons. The van der Waals surface area contributed by atoms with Crippen molar-refractivity contribution in [2.45, 2.75) is 0 Å². The van der Waals surface area contributed by atoms with E-state index in [1.807, 2.05) is 30.6 Å². The Morgan fingerprint density at radius 3 is 2.31 bits per heavy atom. The SMILES string of the molecule is N#Cc1cccnc1.c1cc[nH]c1. The van der Waals surface area contributed by atoms with Crippen LogP contribution < -0.4 is 0 Å². The van der Waals surface area contributed by atoms with Crippen molar-refractivity contribution in [1.29, 1.82) is 5.26 Å². The number of H-pyrrole nitrogens is 1. The summed E-state index contributed by atoms with van der Waals surface area (Å²) in [5.41, 5.74) is 0.604. The predicted molar refractivity (Wildman–Crippen MR) is 49.7 cm³/mol. The zero-order valence-corrected chi connectivity index (χ0v) is 7.01. The predicted octanol–water partition coefficient (Wildman–Crippen LogP) is 1.97. The largest absolute Gasteiger partial charge is 0.368 e. The van der Waals surface area contributed by atoms with Gasteiger partial charge in [0.05, 0.1) is 5.56 Å². The van der Waals surface area contributed by atoms with Crippen molar-refractivity contribution >= 4 is 0 Å². The molecule has 3 heteroatoms. The lowest BCUT2D eigenvalue weighted by atomic mass is 10.3. The molecule has 0 unspecified atom stereocenters. The van der Waals surface area contributed by atoms with Crippen LogP contribution in [-0.4, -0.2) is 9.97 Å². The average Bonchev–Trinajstić information content (AvgIpc) is 2.77. The fraction of sp³-hybridized carbons (Fsp3) is 0. The molecule has 0 saturated carbocycles. The maximum absolute atomic E-state index is 8.25. The van der Waals surface area contributed by atoms with Gasteiger partial charge in [-0.15, -0.1) is 0 Å². The Labute approximate surface area is 76.7 Å². The van der Waals surface area contributed by atoms with E-state index in [1.54, 1.807) is 18.3 Å². The topological polar surface area (TPSA) is 52.5 Å². The van der Waals surface area contributed by atoms with Crippen LogP contribution in [0.15, 0.2) is 49.1 Å². The van der Waals surface area contributed by atoms with E-state index in [9.17, 15) is 0 Å². The van der Waals surface area contributed by atoms with Crippen LogP contribution in [0.1, 0.15) is 5.56 Å². The van der Waals surface area contributed by atoms with Gasteiger partial charge in [-0.25, -0.2) is 0 Å². The highest BCUT2D eigenvalue weighted by molar-refractivity contribution is 5.23. The van der Waals surface area contributed by atoms with Crippen LogP contribution in [0.5, 0.6) is 0 Å². The Morgan fingerprint density at radius 1 is 1.23 bits per heavy atom. The lowest BCUT2D eigenvalue weighted by Gasteiger charge is -1.79. The van der Waals surface area contributed by atoms with Crippen LogP contribution in [0.4, 0.5) is 0 Å². The van der Waals surface area contributed by atoms with Crippen molar-refractivity contribution in [3.8, 4) is 6.07 Å². The molecular formula is C10H9N3. The summed E-state index contributed by atoms with van der Waals surface area (Å²) < 4.78 is 0. The molecule has 3 nitrogen and oxygen atoms in total. The second-order valence-corrected chi connectivity index (χ2v) is 2.24. The van der Waals surface area contributed by atoms with E-state index in [-0.39, 0.29) is 0 Å². The molecule has 0 aliphatic heterocycles. The third kappa shape index (κ3) is 3.73. The van der Waals surface area contributed by atoms with Crippen LogP contribution in [0, 0.1) is 11.3 Å². The van der Waals surface area contributed by atoms with Gasteiger partial charge in [0.1, 0.15) is 6.07 Å². The molecule has 2 rings (SSSR count). The molecule has 0 bridgehead atoms. The van der Waals surface area contributed by atoms with Crippen LogP contribution in [-0.2, 0) is 0 Å². The maximum Gasteiger partial charge on any atom is 0.101 e. The molecule has 13 heavy (non-hydrogen) atoms. The number of nitrogens with zero attached hydrogens (tertiary/aromatic N) is 2. The van der Waals surface area contributed by atoms with E-state index in [0.29, 0.717) is 5.56 Å². The highest BCUT2D eigenvalue weighted by atomic mass is 14.6. The van der Waals surface area contributed by atoms with Gasteiger partial charge in [0, 0.05) is 24.8 Å². The van der Waals surface area contributed by atoms with Gasteiger partial charge in [-0.2, -0.15) is 5.26 Å². The first kappa shape index (κ1) is 9.01. The molecule has 2 aromatic heterocycles. The number of aromatic nitrogens is 2. The minimum atomic E-state index is 0.604. The second-order valence-electron chi connectivity index (χ2n) is 2.24. The zero-order valence-electron chi connectivity index (χ0n) is 7.01. The third-order valence-electron chi connectivity index (χ3n) is 1.29. The second kappa shape index (κ2) is 5.56. The van der Waals surface area contributed by atoms with Crippen molar-refractivity contribution in [3.05, 3.63) is 54.6 Å². The molecule has 0 atom stereocenters. The van der Waals surface area contributed by atoms with Crippen LogP contribution in [0.25, 0.3) is 0 Å². The van der Waals surface area contributed by atoms with Crippen LogP contribution in [0.3, 0.4) is 0 Å². The number of nitriles is 1. The monoisotopic (exact) mass is 171 g/mol. The Morgan fingerprint density at radius 2 is 2.00 bits per heavy atom. The van der Waals surface area contributed by atoms with Gasteiger partial charge in [0.25, 0.3) is 0 Å². The Balaban J connectivity index is 0.000000145. The Bertz CT molecular complexity index is 328. The highest BCUT2D eigenvalue weighted by Crippen LogP contribution is 1.89. The van der Waals surface area contributed by atoms with Crippen LogP contribution in [0.2, 0.25) is 0 Å². The van der Waals surface area contributed by atoms with E-state index in [1.165, 1.54) is 6.20 Å². The normalized spacial score (nSPS) is 7.92. The van der Waals surface area contributed by atoms with E-state index < -0.39 is 0 Å². The van der Waals surface area contributed by atoms with Crippen molar-refractivity contribution in [1.82, 2.24) is 9.97 Å². The van der Waals surface area contributed by atoms with Gasteiger partial charge in [-0.05, 0) is 24.3 Å². The Kier molecular flexibility index (Phi) is 3.85. The van der Waals surface area contributed by atoms with Gasteiger partial charge < -0.3 is 4.98 Å². The summed E-state index contributed by atoms with van der Waals surface area (Å²) >= 11 is 0. The summed E-state index contributed by atoms with van der Waals surface area (Å²) in [7, 11) is 0. The number of aromatic amines is 1. The molecule has 0 aliphatic rings. The van der Waals surface area contributed by atoms with Crippen molar-refractivity contribution < 1.29 is 0 Å². The van der Waals surface area contributed by atoms with Crippen molar-refractivity contribution in [2.24, 2.45) is 0 Å². The smallest absolute Gasteiger partial charge is 0.101 e. The summed E-state index contributed by atoms with van der Waals surface area (Å²) in [6, 6.07) is 9.30. The van der Waals surface area contributed by atoms with E-state index in [0.717, 1.165) is 0 Å². The van der Waals surface area contributed by atoms with Crippen molar-refractivity contribution in [2.75, 3.05) is 0 Å². The first-order chi connectivity index (χ1) is 6.43. The molecule has 0 radical (unpaired) electrons. The number of hydrogen-bond donors (Lipinski definition) is 1. The third-order valence-corrected chi connectivity index (χ3v) is 1.29. The molecule has 0 aliphatic carbocycles. The number of hydrogen-bond acceptors (Lipinski definition) is 2. The van der Waals surface area contributed by atoms with Gasteiger partial charge in [0.2, 0.25) is 0 Å². The molecule has 0 aromatic carbocycles. The van der Waals surface area contributed by atoms with Crippen LogP contribution >= 0.6 is 0 Å². The molecule has 0 saturated heterocycles. The van der Waals surface area contributed by atoms with Gasteiger partial charge in [0.15, 0.2) is 0 Å². The maximum atomic E-state index is 8.25. The lowest BCUT2D eigenvalue weighted by Crippen LogP contribution is -1.72. The fourth-order valence-electron chi connectivity index (χ4n) is 0.707. The summed E-state index contributed by atoms with van der Waals surface area (Å²) in [4.78, 5) is 6.59. The summed E-state index contributed by atoms with van der Waals surface area (Å²) in [6.45, 7) is 0. The van der Waals surface area contributed by atoms with E-state index in [4.69, 9.17) is 5.26 Å². The summed E-state index contributed by atoms with van der Waals surface area (Å²) in [6.07, 6.45) is 6.92. The molecule has 0 spiro atoms. The summed E-state index contributed by atoms with van der Waals surface area (Å²) in [5.74, 6) is 0. The van der Waals surface area contributed by atoms with Gasteiger partial charge in [-0.1, -0.05) is 0 Å². The van der Waals surface area contributed by atoms with E-state index in [2.05, 4.69) is 9.97 Å². The minimum Gasteiger partial charge on any atom is -0.368 e. The highest BCUT2D eigenvalue weighted by Gasteiger charge is 1.80. The first-order valence-electron chi connectivity index (χ1n) is 3.81. The van der Waals surface area contributed by atoms with Gasteiger partial charge in [-0.3, -0.25) is 4.98 Å². The Hall–Kier alpha value is -2.08. The molecule has 0 fully saturated rings. The summed E-state index contributed by atoms with van der Waals surface area (Å²) in [5, 5.41) is 8.25. The van der Waals surface area contributed by atoms with Gasteiger partial charge >= 0.3 is 0 Å². The van der Waals surface area contributed by atoms with E-state index >= 15 is 0 Å². The quantitative estimate of drug-likeness (QED) is 0.658. The molecule has 2 aromatic rings. The molecular weight excluding hydrogens is 162 g/mol. The zero-order chi connectivity index (χ0) is 9.36. The number of nitrogens with one attached hydrogen (secondary N) is 1. The number of rotatable bonds is 0.